The van der Waals surface area contributed by atoms with E-state index in [1.807, 2.05) is 54.6 Å². The summed E-state index contributed by atoms with van der Waals surface area (Å²) >= 11 is 0. The van der Waals surface area contributed by atoms with Crippen molar-refractivity contribution >= 4 is 10.9 Å². The van der Waals surface area contributed by atoms with Crippen molar-refractivity contribution in [3.63, 3.8) is 0 Å². The van der Waals surface area contributed by atoms with Gasteiger partial charge in [0.05, 0.1) is 29.8 Å². The average molecular weight is 395 g/mol. The fraction of sp³-hybridized carbons (Fsp3) is 0.0870. The molecule has 0 aliphatic carbocycles. The van der Waals surface area contributed by atoms with Gasteiger partial charge >= 0.3 is 0 Å². The third-order valence-corrected chi connectivity index (χ3v) is 5.31. The number of H-pyrrole nitrogens is 1. The number of hydrogen-bond acceptors (Lipinski definition) is 6. The summed E-state index contributed by atoms with van der Waals surface area (Å²) in [6.07, 6.45) is 1.74. The zero-order valence-corrected chi connectivity index (χ0v) is 16.1. The SMILES string of the molecule is COc1ccc(-c2[nH]nc3c2C(c2ccnc4ccccc24)C(C#N)=C(N)O3)cc1. The van der Waals surface area contributed by atoms with E-state index in [0.717, 1.165) is 39.0 Å². The number of nitrogens with one attached hydrogen (secondary N) is 1. The highest BCUT2D eigenvalue weighted by Crippen LogP contribution is 2.47. The molecule has 3 N–H and O–H groups in total. The van der Waals surface area contributed by atoms with Gasteiger partial charge in [0.1, 0.15) is 17.4 Å². The molecule has 0 radical (unpaired) electrons. The van der Waals surface area contributed by atoms with Crippen molar-refractivity contribution in [1.82, 2.24) is 15.2 Å². The Morgan fingerprint density at radius 1 is 1.13 bits per heavy atom. The van der Waals surface area contributed by atoms with Crippen LogP contribution in [0.25, 0.3) is 22.2 Å². The minimum absolute atomic E-state index is 0.0590. The maximum absolute atomic E-state index is 9.93. The number of allylic oxidation sites excluding steroid dienone is 1. The molecule has 146 valence electrons. The van der Waals surface area contributed by atoms with Crippen LogP contribution in [0.2, 0.25) is 0 Å². The Balaban J connectivity index is 1.77. The van der Waals surface area contributed by atoms with Crippen LogP contribution < -0.4 is 15.2 Å². The Morgan fingerprint density at radius 2 is 1.93 bits per heavy atom. The summed E-state index contributed by atoms with van der Waals surface area (Å²) in [4.78, 5) is 4.45. The van der Waals surface area contributed by atoms with Crippen LogP contribution in [-0.2, 0) is 0 Å². The molecule has 1 unspecified atom stereocenters. The number of fused-ring (bicyclic) bond motifs is 2. The Kier molecular flexibility index (Phi) is 4.11. The number of nitriles is 1. The normalized spacial score (nSPS) is 15.4. The molecule has 30 heavy (non-hydrogen) atoms. The van der Waals surface area contributed by atoms with Crippen molar-refractivity contribution < 1.29 is 9.47 Å². The van der Waals surface area contributed by atoms with Crippen molar-refractivity contribution in [3.05, 3.63) is 83.4 Å². The van der Waals surface area contributed by atoms with Crippen LogP contribution in [0.1, 0.15) is 17.0 Å². The zero-order valence-electron chi connectivity index (χ0n) is 16.1. The predicted octanol–water partition coefficient (Wildman–Crippen LogP) is 3.85. The summed E-state index contributed by atoms with van der Waals surface area (Å²) in [5, 5.41) is 18.3. The Morgan fingerprint density at radius 3 is 2.70 bits per heavy atom. The molecule has 7 nitrogen and oxygen atoms in total. The second kappa shape index (κ2) is 6.94. The number of para-hydroxylation sites is 1. The number of aromatic nitrogens is 3. The molecule has 1 aliphatic heterocycles. The van der Waals surface area contributed by atoms with Crippen LogP contribution in [0, 0.1) is 11.3 Å². The maximum atomic E-state index is 9.93. The first-order chi connectivity index (χ1) is 14.7. The molecule has 0 fully saturated rings. The number of nitrogens with two attached hydrogens (primary N) is 1. The highest BCUT2D eigenvalue weighted by molar-refractivity contribution is 5.85. The van der Waals surface area contributed by atoms with E-state index < -0.39 is 5.92 Å². The minimum Gasteiger partial charge on any atom is -0.497 e. The summed E-state index contributed by atoms with van der Waals surface area (Å²) in [6, 6.07) is 19.6. The van der Waals surface area contributed by atoms with Crippen LogP contribution in [0.15, 0.2) is 72.3 Å². The predicted molar refractivity (Wildman–Crippen MR) is 112 cm³/mol. The molecule has 0 amide bonds. The number of benzene rings is 2. The van der Waals surface area contributed by atoms with Crippen LogP contribution in [-0.4, -0.2) is 22.3 Å². The topological polar surface area (TPSA) is 110 Å². The molecule has 1 atom stereocenters. The monoisotopic (exact) mass is 395 g/mol. The van der Waals surface area contributed by atoms with Crippen molar-refractivity contribution in [2.24, 2.45) is 5.73 Å². The summed E-state index contributed by atoms with van der Waals surface area (Å²) in [5.74, 6) is 0.733. The minimum atomic E-state index is -0.442. The van der Waals surface area contributed by atoms with Crippen molar-refractivity contribution in [1.29, 1.82) is 5.26 Å². The molecule has 2 aromatic heterocycles. The molecule has 3 heterocycles. The summed E-state index contributed by atoms with van der Waals surface area (Å²) in [6.45, 7) is 0. The molecule has 4 aromatic rings. The average Bonchev–Trinajstić information content (AvgIpc) is 3.21. The van der Waals surface area contributed by atoms with E-state index in [9.17, 15) is 5.26 Å². The van der Waals surface area contributed by atoms with Gasteiger partial charge in [-0.15, -0.1) is 5.10 Å². The van der Waals surface area contributed by atoms with Gasteiger partial charge in [0.2, 0.25) is 11.8 Å². The summed E-state index contributed by atoms with van der Waals surface area (Å²) in [5.41, 5.74) is 10.6. The Labute approximate surface area is 172 Å². The van der Waals surface area contributed by atoms with E-state index in [1.165, 1.54) is 0 Å². The fourth-order valence-corrected chi connectivity index (χ4v) is 3.90. The van der Waals surface area contributed by atoms with Gasteiger partial charge in [-0.2, -0.15) is 5.26 Å². The van der Waals surface area contributed by atoms with E-state index in [2.05, 4.69) is 21.3 Å². The number of ether oxygens (including phenoxy) is 2. The quantitative estimate of drug-likeness (QED) is 0.545. The number of pyridine rings is 1. The standard InChI is InChI=1S/C23H17N5O2/c1-29-14-8-6-13(7-9-14)21-20-19(17(12-24)22(25)30-23(20)28-27-21)16-10-11-26-18-5-3-2-4-15(16)18/h2-11,19H,25H2,1H3,(H,27,28). The first-order valence-corrected chi connectivity index (χ1v) is 9.35. The smallest absolute Gasteiger partial charge is 0.244 e. The van der Waals surface area contributed by atoms with Crippen LogP contribution in [0.5, 0.6) is 11.6 Å². The molecule has 0 bridgehead atoms. The van der Waals surface area contributed by atoms with E-state index in [-0.39, 0.29) is 5.88 Å². The lowest BCUT2D eigenvalue weighted by Gasteiger charge is -2.25. The molecular weight excluding hydrogens is 378 g/mol. The number of rotatable bonds is 3. The van der Waals surface area contributed by atoms with Crippen LogP contribution in [0.4, 0.5) is 0 Å². The lowest BCUT2D eigenvalue weighted by atomic mass is 9.81. The number of hydrogen-bond donors (Lipinski definition) is 2. The molecule has 0 spiro atoms. The van der Waals surface area contributed by atoms with Gasteiger partial charge in [-0.25, -0.2) is 0 Å². The van der Waals surface area contributed by atoms with E-state index >= 15 is 0 Å². The molecule has 2 aromatic carbocycles. The second-order valence-electron chi connectivity index (χ2n) is 6.89. The van der Waals surface area contributed by atoms with Crippen LogP contribution in [0.3, 0.4) is 0 Å². The first kappa shape index (κ1) is 17.8. The summed E-state index contributed by atoms with van der Waals surface area (Å²) in [7, 11) is 1.62. The molecule has 0 saturated carbocycles. The van der Waals surface area contributed by atoms with Crippen molar-refractivity contribution in [2.75, 3.05) is 7.11 Å². The maximum Gasteiger partial charge on any atom is 0.244 e. The van der Waals surface area contributed by atoms with Crippen molar-refractivity contribution in [2.45, 2.75) is 5.92 Å². The van der Waals surface area contributed by atoms with E-state index in [4.69, 9.17) is 15.2 Å². The van der Waals surface area contributed by atoms with Crippen LogP contribution >= 0.6 is 0 Å². The molecule has 5 rings (SSSR count). The van der Waals surface area contributed by atoms with Gasteiger partial charge in [0, 0.05) is 17.1 Å². The lowest BCUT2D eigenvalue weighted by molar-refractivity contribution is 0.379. The van der Waals surface area contributed by atoms with Gasteiger partial charge in [0.25, 0.3) is 0 Å². The van der Waals surface area contributed by atoms with Gasteiger partial charge in [-0.05, 0) is 42.0 Å². The Bertz CT molecular complexity index is 1330. The highest BCUT2D eigenvalue weighted by atomic mass is 16.5. The second-order valence-corrected chi connectivity index (χ2v) is 6.89. The van der Waals surface area contributed by atoms with Crippen molar-refractivity contribution in [3.8, 4) is 29.0 Å². The lowest BCUT2D eigenvalue weighted by Crippen LogP contribution is -2.21. The zero-order chi connectivity index (χ0) is 20.7. The summed E-state index contributed by atoms with van der Waals surface area (Å²) < 4.78 is 11.0. The first-order valence-electron chi connectivity index (χ1n) is 9.35. The van der Waals surface area contributed by atoms with E-state index in [1.54, 1.807) is 13.3 Å². The number of nitrogens with zero attached hydrogens (tertiary/aromatic N) is 3. The Hall–Kier alpha value is -4.31. The third kappa shape index (κ3) is 2.66. The molecule has 7 heteroatoms. The van der Waals surface area contributed by atoms with Gasteiger partial charge in [0.15, 0.2) is 0 Å². The fourth-order valence-electron chi connectivity index (χ4n) is 3.90. The van der Waals surface area contributed by atoms with E-state index in [0.29, 0.717) is 11.5 Å². The number of methoxy groups -OCH3 is 1. The molecule has 0 saturated heterocycles. The third-order valence-electron chi connectivity index (χ3n) is 5.31. The number of aromatic amines is 1. The van der Waals surface area contributed by atoms with Gasteiger partial charge in [-0.1, -0.05) is 18.2 Å². The molecule has 1 aliphatic rings. The van der Waals surface area contributed by atoms with Gasteiger partial charge < -0.3 is 15.2 Å². The largest absolute Gasteiger partial charge is 0.497 e. The highest BCUT2D eigenvalue weighted by Gasteiger charge is 2.36. The van der Waals surface area contributed by atoms with Gasteiger partial charge in [-0.3, -0.25) is 10.1 Å². The molecular formula is C23H17N5O2.